The summed E-state index contributed by atoms with van der Waals surface area (Å²) >= 11 is 0. The highest BCUT2D eigenvalue weighted by atomic mass is 32.2. The maximum Gasteiger partial charge on any atom is 0.416 e. The van der Waals surface area contributed by atoms with Crippen molar-refractivity contribution in [3.05, 3.63) is 29.8 Å². The molecule has 0 unspecified atom stereocenters. The summed E-state index contributed by atoms with van der Waals surface area (Å²) in [6.07, 6.45) is -3.80. The van der Waals surface area contributed by atoms with Crippen molar-refractivity contribution in [2.24, 2.45) is 0 Å². The minimum Gasteiger partial charge on any atom is -0.382 e. The average Bonchev–Trinajstić information content (AvgIpc) is 1.99. The first-order chi connectivity index (χ1) is 6.68. The first-order valence-corrected chi connectivity index (χ1v) is 5.48. The largest absolute Gasteiger partial charge is 0.416 e. The van der Waals surface area contributed by atoms with Crippen LogP contribution in [0.25, 0.3) is 0 Å². The second-order valence-corrected chi connectivity index (χ2v) is 4.30. The smallest absolute Gasteiger partial charge is 0.382 e. The van der Waals surface area contributed by atoms with Crippen LogP contribution >= 0.6 is 0 Å². The fourth-order valence-corrected chi connectivity index (χ4v) is 1.25. The number of hydrogen-bond acceptors (Lipinski definition) is 3. The van der Waals surface area contributed by atoms with Crippen molar-refractivity contribution in [1.82, 2.24) is 0 Å². The van der Waals surface area contributed by atoms with E-state index in [-0.39, 0.29) is 0 Å². The number of alkyl halides is 3. The molecule has 0 spiro atoms. The van der Waals surface area contributed by atoms with E-state index < -0.39 is 27.6 Å². The van der Waals surface area contributed by atoms with Gasteiger partial charge in [-0.3, -0.25) is 0 Å². The molecule has 0 aliphatic carbocycles. The number of hydrogen-bond donors (Lipinski definition) is 0. The van der Waals surface area contributed by atoms with Gasteiger partial charge >= 0.3 is 16.3 Å². The molecule has 0 amide bonds. The first kappa shape index (κ1) is 11.8. The van der Waals surface area contributed by atoms with Gasteiger partial charge in [-0.25, -0.2) is 0 Å². The molecule has 0 bridgehead atoms. The monoisotopic (exact) mass is 239 g/mol. The van der Waals surface area contributed by atoms with Gasteiger partial charge < -0.3 is 4.18 Å². The highest BCUT2D eigenvalue weighted by Crippen LogP contribution is 2.31. The van der Waals surface area contributed by atoms with E-state index in [4.69, 9.17) is 0 Å². The third kappa shape index (κ3) is 3.78. The summed E-state index contributed by atoms with van der Waals surface area (Å²) < 4.78 is 62.1. The van der Waals surface area contributed by atoms with Crippen LogP contribution in [0.2, 0.25) is 0 Å². The lowest BCUT2D eigenvalue weighted by Crippen LogP contribution is -2.08. The van der Waals surface area contributed by atoms with Crippen LogP contribution in [-0.2, 0) is 16.3 Å². The Hall–Kier alpha value is -1.24. The van der Waals surface area contributed by atoms with E-state index in [0.29, 0.717) is 6.07 Å². The molecule has 7 heteroatoms. The second-order valence-electron chi connectivity index (χ2n) is 2.73. The fourth-order valence-electron chi connectivity index (χ4n) is 0.832. The molecule has 83 valence electrons. The molecule has 0 aliphatic rings. The van der Waals surface area contributed by atoms with E-state index in [0.717, 1.165) is 18.4 Å². The average molecular weight is 239 g/mol. The summed E-state index contributed by atoms with van der Waals surface area (Å²) in [5, 5.41) is 0. The number of halogens is 3. The van der Waals surface area contributed by atoms with Crippen LogP contribution in [0.5, 0.6) is 5.75 Å². The van der Waals surface area contributed by atoms with Gasteiger partial charge in [-0.2, -0.15) is 21.6 Å². The number of rotatable bonds is 2. The van der Waals surface area contributed by atoms with Crippen molar-refractivity contribution in [1.29, 1.82) is 0 Å². The summed E-state index contributed by atoms with van der Waals surface area (Å²) in [5.41, 5.74) is -0.986. The molecule has 0 saturated carbocycles. The summed E-state index contributed by atoms with van der Waals surface area (Å²) in [6, 6.07) is 4.53. The van der Waals surface area contributed by atoms with Gasteiger partial charge in [0.1, 0.15) is 0 Å². The van der Waals surface area contributed by atoms with Crippen molar-refractivity contribution in [3.8, 4) is 5.75 Å². The molecule has 1 aromatic carbocycles. The zero-order chi connectivity index (χ0) is 11.7. The van der Waals surface area contributed by atoms with E-state index in [1.165, 1.54) is 0 Å². The predicted molar refractivity (Wildman–Crippen MR) is 45.8 cm³/mol. The molecule has 1 rings (SSSR count). The Balaban J connectivity index is 3.04. The lowest BCUT2D eigenvalue weighted by Gasteiger charge is -2.08. The van der Waals surface area contributed by atoms with Crippen molar-refractivity contribution in [3.63, 3.8) is 0 Å². The third-order valence-corrected chi connectivity index (χ3v) is 1.83. The highest BCUT2D eigenvalue weighted by molar-refractivity contribution is 7.86. The van der Waals surface area contributed by atoms with Crippen molar-refractivity contribution in [2.45, 2.75) is 6.18 Å². The molecule has 0 saturated heterocycles. The van der Waals surface area contributed by atoms with Gasteiger partial charge in [0.2, 0.25) is 0 Å². The van der Waals surface area contributed by atoms with Crippen molar-refractivity contribution >= 4 is 10.1 Å². The van der Waals surface area contributed by atoms with Gasteiger partial charge in [0.25, 0.3) is 0 Å². The Kier molecular flexibility index (Phi) is 2.94. The first-order valence-electron chi connectivity index (χ1n) is 3.67. The minimum absolute atomic E-state index is 0.479. The van der Waals surface area contributed by atoms with E-state index in [2.05, 4.69) is 10.2 Å². The molecule has 3 nitrogen and oxygen atoms in total. The maximum atomic E-state index is 12.2. The van der Waals surface area contributed by atoms with Crippen LogP contribution < -0.4 is 4.18 Å². The maximum absolute atomic E-state index is 12.2. The molecule has 1 radical (unpaired) electrons. The standard InChI is InChI=1S/C8H6F3O3S/c1-15(12,13)14-7-4-2-3-6(5-7)8(9,10)11/h2-3,5H,1H3. The van der Waals surface area contributed by atoms with Gasteiger partial charge in [-0.1, -0.05) is 0 Å². The Morgan fingerprint density at radius 2 is 2.00 bits per heavy atom. The van der Waals surface area contributed by atoms with Gasteiger partial charge in [-0.15, -0.1) is 0 Å². The summed E-state index contributed by atoms with van der Waals surface area (Å²) in [4.78, 5) is 0. The fraction of sp³-hybridized carbons (Fsp3) is 0.250. The van der Waals surface area contributed by atoms with Gasteiger partial charge in [0.15, 0.2) is 5.75 Å². The Labute approximate surface area is 84.6 Å². The lowest BCUT2D eigenvalue weighted by molar-refractivity contribution is -0.137. The van der Waals surface area contributed by atoms with E-state index in [1.807, 2.05) is 0 Å². The Morgan fingerprint density at radius 1 is 1.40 bits per heavy atom. The molecular weight excluding hydrogens is 233 g/mol. The molecule has 0 atom stereocenters. The van der Waals surface area contributed by atoms with E-state index in [1.54, 1.807) is 0 Å². The van der Waals surface area contributed by atoms with Gasteiger partial charge in [-0.05, 0) is 18.2 Å². The number of benzene rings is 1. The summed E-state index contributed by atoms with van der Waals surface area (Å²) in [5.74, 6) is -0.479. The normalized spacial score (nSPS) is 12.5. The van der Waals surface area contributed by atoms with Crippen LogP contribution in [0.3, 0.4) is 0 Å². The van der Waals surface area contributed by atoms with Crippen LogP contribution in [0, 0.1) is 6.07 Å². The molecule has 0 aliphatic heterocycles. The van der Waals surface area contributed by atoms with Crippen LogP contribution in [0.4, 0.5) is 13.2 Å². The highest BCUT2D eigenvalue weighted by Gasteiger charge is 2.30. The van der Waals surface area contributed by atoms with Crippen LogP contribution in [0.1, 0.15) is 5.56 Å². The van der Waals surface area contributed by atoms with Gasteiger partial charge in [0, 0.05) is 6.07 Å². The summed E-state index contributed by atoms with van der Waals surface area (Å²) in [6.45, 7) is 0. The van der Waals surface area contributed by atoms with Crippen molar-refractivity contribution < 1.29 is 25.8 Å². The third-order valence-electron chi connectivity index (χ3n) is 1.34. The molecule has 1 aromatic rings. The minimum atomic E-state index is -4.54. The molecule has 15 heavy (non-hydrogen) atoms. The van der Waals surface area contributed by atoms with Gasteiger partial charge in [0.05, 0.1) is 11.8 Å². The van der Waals surface area contributed by atoms with Crippen LogP contribution in [-0.4, -0.2) is 14.7 Å². The Bertz CT molecular complexity index is 450. The SMILES string of the molecule is CS(=O)(=O)Oc1[c]ccc(C(F)(F)F)c1. The van der Waals surface area contributed by atoms with E-state index >= 15 is 0 Å². The topological polar surface area (TPSA) is 43.4 Å². The summed E-state index contributed by atoms with van der Waals surface area (Å²) in [7, 11) is -3.84. The lowest BCUT2D eigenvalue weighted by atomic mass is 10.2. The molecular formula is C8H6F3O3S. The molecule has 0 N–H and O–H groups in total. The zero-order valence-electron chi connectivity index (χ0n) is 7.50. The molecule has 0 aromatic heterocycles. The second kappa shape index (κ2) is 3.73. The Morgan fingerprint density at radius 3 is 2.47 bits per heavy atom. The molecule has 0 fully saturated rings. The van der Waals surface area contributed by atoms with Crippen LogP contribution in [0.15, 0.2) is 18.2 Å². The zero-order valence-corrected chi connectivity index (χ0v) is 8.32. The van der Waals surface area contributed by atoms with Crippen molar-refractivity contribution in [2.75, 3.05) is 6.26 Å². The quantitative estimate of drug-likeness (QED) is 0.739. The molecule has 0 heterocycles. The predicted octanol–water partition coefficient (Wildman–Crippen LogP) is 1.84. The van der Waals surface area contributed by atoms with E-state index in [9.17, 15) is 21.6 Å².